The Morgan fingerprint density at radius 3 is 2.74 bits per heavy atom. The molecule has 0 aromatic heterocycles. The molecular formula is C20H20ClF2NO3. The fourth-order valence-corrected chi connectivity index (χ4v) is 3.31. The summed E-state index contributed by atoms with van der Waals surface area (Å²) in [5.74, 6) is -1.56. The van der Waals surface area contributed by atoms with Gasteiger partial charge >= 0.3 is 0 Å². The van der Waals surface area contributed by atoms with Gasteiger partial charge in [0.15, 0.2) is 0 Å². The SMILES string of the molecule is O=C(c1ccc(F)cc1F)N1CCCC(O)(COc2cccc(Cl)c2)CC1. The maximum absolute atomic E-state index is 13.9. The Morgan fingerprint density at radius 1 is 1.19 bits per heavy atom. The number of hydrogen-bond acceptors (Lipinski definition) is 3. The van der Waals surface area contributed by atoms with Crippen molar-refractivity contribution in [2.75, 3.05) is 19.7 Å². The second-order valence-corrected chi connectivity index (χ2v) is 7.18. The average Bonchev–Trinajstić information content (AvgIpc) is 2.82. The second kappa shape index (κ2) is 8.23. The number of hydrogen-bond donors (Lipinski definition) is 1. The van der Waals surface area contributed by atoms with E-state index in [1.165, 1.54) is 4.90 Å². The lowest BCUT2D eigenvalue weighted by Crippen LogP contribution is -2.38. The summed E-state index contributed by atoms with van der Waals surface area (Å²) in [6, 6.07) is 9.79. The summed E-state index contributed by atoms with van der Waals surface area (Å²) in [7, 11) is 0. The third-order valence-electron chi connectivity index (χ3n) is 4.67. The van der Waals surface area contributed by atoms with E-state index in [1.807, 2.05) is 0 Å². The van der Waals surface area contributed by atoms with Crippen LogP contribution in [0.2, 0.25) is 5.02 Å². The van der Waals surface area contributed by atoms with E-state index in [0.717, 1.165) is 12.1 Å². The van der Waals surface area contributed by atoms with Crippen LogP contribution >= 0.6 is 11.6 Å². The summed E-state index contributed by atoms with van der Waals surface area (Å²) in [4.78, 5) is 14.0. The molecule has 1 aliphatic heterocycles. The summed E-state index contributed by atoms with van der Waals surface area (Å²) in [6.45, 7) is 0.709. The van der Waals surface area contributed by atoms with Crippen LogP contribution in [0.3, 0.4) is 0 Å². The molecule has 0 bridgehead atoms. The number of likely N-dealkylation sites (tertiary alicyclic amines) is 1. The molecule has 1 unspecified atom stereocenters. The first-order valence-electron chi connectivity index (χ1n) is 8.71. The molecule has 1 N–H and O–H groups in total. The van der Waals surface area contributed by atoms with Gasteiger partial charge < -0.3 is 14.7 Å². The normalized spacial score (nSPS) is 20.2. The smallest absolute Gasteiger partial charge is 0.256 e. The van der Waals surface area contributed by atoms with Gasteiger partial charge in [0.1, 0.15) is 29.6 Å². The summed E-state index contributed by atoms with van der Waals surface area (Å²) in [6.07, 6.45) is 1.29. The molecule has 7 heteroatoms. The lowest BCUT2D eigenvalue weighted by molar-refractivity contribution is -0.0163. The molecule has 2 aromatic carbocycles. The Kier molecular flexibility index (Phi) is 5.97. The van der Waals surface area contributed by atoms with Crippen LogP contribution in [0.1, 0.15) is 29.6 Å². The van der Waals surface area contributed by atoms with Gasteiger partial charge in [-0.15, -0.1) is 0 Å². The van der Waals surface area contributed by atoms with Crippen molar-refractivity contribution in [1.82, 2.24) is 4.90 Å². The zero-order chi connectivity index (χ0) is 19.4. The van der Waals surface area contributed by atoms with Gasteiger partial charge in [0.25, 0.3) is 5.91 Å². The van der Waals surface area contributed by atoms with Crippen molar-refractivity contribution in [1.29, 1.82) is 0 Å². The van der Waals surface area contributed by atoms with Crippen LogP contribution < -0.4 is 4.74 Å². The number of aliphatic hydroxyl groups is 1. The van der Waals surface area contributed by atoms with Crippen LogP contribution in [0.15, 0.2) is 42.5 Å². The van der Waals surface area contributed by atoms with Gasteiger partial charge in [-0.2, -0.15) is 0 Å². The Bertz CT molecular complexity index is 833. The zero-order valence-corrected chi connectivity index (χ0v) is 15.4. The standard InChI is InChI=1S/C20H20ClF2NO3/c21-14-3-1-4-16(11-14)27-13-20(26)7-2-9-24(10-8-20)19(25)17-6-5-15(22)12-18(17)23/h1,3-6,11-12,26H,2,7-10,13H2. The van der Waals surface area contributed by atoms with Crippen molar-refractivity contribution in [3.63, 3.8) is 0 Å². The number of rotatable bonds is 4. The number of carbonyl (C=O) groups is 1. The molecular weight excluding hydrogens is 376 g/mol. The van der Waals surface area contributed by atoms with Crippen molar-refractivity contribution in [3.05, 3.63) is 64.7 Å². The number of amides is 1. The molecule has 1 amide bonds. The molecule has 0 spiro atoms. The van der Waals surface area contributed by atoms with Crippen molar-refractivity contribution >= 4 is 17.5 Å². The minimum Gasteiger partial charge on any atom is -0.491 e. The zero-order valence-electron chi connectivity index (χ0n) is 14.6. The van der Waals surface area contributed by atoms with E-state index in [4.69, 9.17) is 16.3 Å². The maximum Gasteiger partial charge on any atom is 0.256 e. The molecule has 4 nitrogen and oxygen atoms in total. The highest BCUT2D eigenvalue weighted by Crippen LogP contribution is 2.26. The van der Waals surface area contributed by atoms with Crippen LogP contribution in [-0.4, -0.2) is 41.2 Å². The molecule has 0 radical (unpaired) electrons. The maximum atomic E-state index is 13.9. The van der Waals surface area contributed by atoms with Gasteiger partial charge in [-0.1, -0.05) is 17.7 Å². The Hall–Kier alpha value is -2.18. The van der Waals surface area contributed by atoms with Crippen molar-refractivity contribution in [2.24, 2.45) is 0 Å². The van der Waals surface area contributed by atoms with E-state index in [1.54, 1.807) is 24.3 Å². The molecule has 2 aromatic rings. The highest BCUT2D eigenvalue weighted by molar-refractivity contribution is 6.30. The molecule has 1 atom stereocenters. The molecule has 144 valence electrons. The van der Waals surface area contributed by atoms with Crippen LogP contribution in [-0.2, 0) is 0 Å². The number of carbonyl (C=O) groups excluding carboxylic acids is 1. The largest absolute Gasteiger partial charge is 0.491 e. The minimum atomic E-state index is -1.10. The van der Waals surface area contributed by atoms with E-state index in [-0.39, 0.29) is 18.7 Å². The number of halogens is 3. The van der Waals surface area contributed by atoms with Crippen LogP contribution in [0, 0.1) is 11.6 Å². The summed E-state index contributed by atoms with van der Waals surface area (Å²) < 4.78 is 32.6. The fourth-order valence-electron chi connectivity index (χ4n) is 3.13. The van der Waals surface area contributed by atoms with Gasteiger partial charge in [0.05, 0.1) is 5.56 Å². The first-order chi connectivity index (χ1) is 12.9. The molecule has 1 heterocycles. The van der Waals surface area contributed by atoms with Gasteiger partial charge in [-0.3, -0.25) is 4.79 Å². The fraction of sp³-hybridized carbons (Fsp3) is 0.350. The average molecular weight is 396 g/mol. The highest BCUT2D eigenvalue weighted by Gasteiger charge is 2.33. The third-order valence-corrected chi connectivity index (χ3v) is 4.90. The molecule has 1 aliphatic rings. The molecule has 0 aliphatic carbocycles. The number of benzene rings is 2. The van der Waals surface area contributed by atoms with Crippen LogP contribution in [0.4, 0.5) is 8.78 Å². The van der Waals surface area contributed by atoms with Gasteiger partial charge in [-0.05, 0) is 49.6 Å². The van der Waals surface area contributed by atoms with E-state index >= 15 is 0 Å². The summed E-state index contributed by atoms with van der Waals surface area (Å²) >= 11 is 5.92. The number of ether oxygens (including phenoxy) is 1. The van der Waals surface area contributed by atoms with Crippen molar-refractivity contribution in [2.45, 2.75) is 24.9 Å². The van der Waals surface area contributed by atoms with Crippen LogP contribution in [0.5, 0.6) is 5.75 Å². The summed E-state index contributed by atoms with van der Waals surface area (Å²) in [5.41, 5.74) is -1.27. The van der Waals surface area contributed by atoms with Crippen molar-refractivity contribution < 1.29 is 23.4 Å². The second-order valence-electron chi connectivity index (χ2n) is 6.74. The van der Waals surface area contributed by atoms with E-state index in [9.17, 15) is 18.7 Å². The number of nitrogens with zero attached hydrogens (tertiary/aromatic N) is 1. The molecule has 0 saturated carbocycles. The molecule has 1 fully saturated rings. The van der Waals surface area contributed by atoms with Gasteiger partial charge in [0, 0.05) is 24.2 Å². The first-order valence-corrected chi connectivity index (χ1v) is 9.09. The minimum absolute atomic E-state index is 0.0697. The van der Waals surface area contributed by atoms with Gasteiger partial charge in [0.2, 0.25) is 0 Å². The molecule has 27 heavy (non-hydrogen) atoms. The summed E-state index contributed by atoms with van der Waals surface area (Å²) in [5, 5.41) is 11.4. The third kappa shape index (κ3) is 4.96. The van der Waals surface area contributed by atoms with Gasteiger partial charge in [-0.25, -0.2) is 8.78 Å². The lowest BCUT2D eigenvalue weighted by Gasteiger charge is -2.27. The highest BCUT2D eigenvalue weighted by atomic mass is 35.5. The van der Waals surface area contributed by atoms with Crippen molar-refractivity contribution in [3.8, 4) is 5.75 Å². The van der Waals surface area contributed by atoms with E-state index in [0.29, 0.717) is 42.6 Å². The first kappa shape index (κ1) is 19.6. The Labute approximate surface area is 161 Å². The Morgan fingerprint density at radius 2 is 2.00 bits per heavy atom. The lowest BCUT2D eigenvalue weighted by atomic mass is 9.96. The quantitative estimate of drug-likeness (QED) is 0.849. The topological polar surface area (TPSA) is 49.8 Å². The van der Waals surface area contributed by atoms with E-state index in [2.05, 4.69) is 0 Å². The van der Waals surface area contributed by atoms with Crippen LogP contribution in [0.25, 0.3) is 0 Å². The molecule has 3 rings (SSSR count). The van der Waals surface area contributed by atoms with E-state index < -0.39 is 23.1 Å². The molecule has 1 saturated heterocycles. The Balaban J connectivity index is 1.63. The monoisotopic (exact) mass is 395 g/mol. The predicted molar refractivity (Wildman–Crippen MR) is 98.0 cm³/mol. The predicted octanol–water partition coefficient (Wildman–Crippen LogP) is 4.05.